The molecule has 1 saturated carbocycles. The Bertz CT molecular complexity index is 2550. The van der Waals surface area contributed by atoms with Crippen LogP contribution in [0.2, 0.25) is 0 Å². The zero-order valence-electron chi connectivity index (χ0n) is 38.6. The number of ether oxygens (including phenoxy) is 4. The predicted molar refractivity (Wildman–Crippen MR) is 253 cm³/mol. The third-order valence-corrected chi connectivity index (χ3v) is 14.3. The Balaban J connectivity index is 1.22. The smallest absolute Gasteiger partial charge is 0.339 e. The van der Waals surface area contributed by atoms with Gasteiger partial charge < -0.3 is 33.6 Å². The van der Waals surface area contributed by atoms with E-state index >= 15 is 0 Å². The topological polar surface area (TPSA) is 142 Å². The van der Waals surface area contributed by atoms with Gasteiger partial charge in [0.1, 0.15) is 16.9 Å². The van der Waals surface area contributed by atoms with Gasteiger partial charge in [0, 0.05) is 48.5 Å². The van der Waals surface area contributed by atoms with Crippen molar-refractivity contribution in [3.63, 3.8) is 0 Å². The Morgan fingerprint density at radius 1 is 0.818 bits per heavy atom. The SMILES string of the molecule is COC[C@@H](CCO)c1cc2ccc3c(c2oc1=O)[C@H]1OC(=O)C[C@@H](CCc2cccc(Cc4ccccc4)c2)Cc2ccc(cc2)CC/C(=C(\C)CO)C(=O)O[C@@H]1[C@](C)(C1CCCCC1)O3. The highest BCUT2D eigenvalue weighted by atomic mass is 16.6. The summed E-state index contributed by atoms with van der Waals surface area (Å²) in [4.78, 5) is 43.6. The van der Waals surface area contributed by atoms with Crippen LogP contribution in [-0.2, 0) is 49.5 Å². The van der Waals surface area contributed by atoms with Crippen LogP contribution in [0.3, 0.4) is 0 Å². The van der Waals surface area contributed by atoms with E-state index in [0.717, 1.165) is 62.5 Å². The van der Waals surface area contributed by atoms with E-state index in [9.17, 15) is 24.6 Å². The van der Waals surface area contributed by atoms with Crippen LogP contribution in [0.25, 0.3) is 11.0 Å². The Morgan fingerprint density at radius 3 is 2.30 bits per heavy atom. The number of fused-ring (bicyclic) bond motifs is 13. The summed E-state index contributed by atoms with van der Waals surface area (Å²) in [6.07, 6.45) is 6.52. The number of rotatable bonds is 12. The van der Waals surface area contributed by atoms with E-state index in [1.807, 2.05) is 25.1 Å². The Hall–Kier alpha value is -5.55. The maximum Gasteiger partial charge on any atom is 0.339 e. The van der Waals surface area contributed by atoms with Gasteiger partial charge in [-0.3, -0.25) is 4.79 Å². The zero-order valence-corrected chi connectivity index (χ0v) is 38.6. The van der Waals surface area contributed by atoms with Crippen molar-refractivity contribution < 1.29 is 43.2 Å². The van der Waals surface area contributed by atoms with Gasteiger partial charge in [-0.1, -0.05) is 98.1 Å². The molecular weight excluding hydrogens is 833 g/mol. The van der Waals surface area contributed by atoms with Gasteiger partial charge in [0.2, 0.25) is 0 Å². The molecule has 0 radical (unpaired) electrons. The number of aliphatic hydroxyl groups excluding tert-OH is 2. The zero-order chi connectivity index (χ0) is 46.2. The molecular formula is C56H64O10. The average molecular weight is 897 g/mol. The number of esters is 2. The van der Waals surface area contributed by atoms with Crippen molar-refractivity contribution in [3.05, 3.63) is 158 Å². The molecule has 0 amide bonds. The van der Waals surface area contributed by atoms with Crippen LogP contribution in [0.4, 0.5) is 0 Å². The molecule has 4 heterocycles. The molecule has 1 fully saturated rings. The normalized spacial score (nSPS) is 23.0. The summed E-state index contributed by atoms with van der Waals surface area (Å²) in [5.74, 6) is -1.27. The number of benzene rings is 4. The molecule has 0 saturated heterocycles. The van der Waals surface area contributed by atoms with Gasteiger partial charge in [0.15, 0.2) is 12.2 Å². The first-order chi connectivity index (χ1) is 32.1. The van der Waals surface area contributed by atoms with Crippen molar-refractivity contribution in [2.24, 2.45) is 11.8 Å². The van der Waals surface area contributed by atoms with Crippen molar-refractivity contribution in [1.82, 2.24) is 0 Å². The molecule has 4 aliphatic rings. The molecule has 0 spiro atoms. The van der Waals surface area contributed by atoms with E-state index in [0.29, 0.717) is 59.1 Å². The summed E-state index contributed by atoms with van der Waals surface area (Å²) < 4.78 is 32.2. The van der Waals surface area contributed by atoms with E-state index in [1.54, 1.807) is 20.1 Å². The fourth-order valence-corrected chi connectivity index (χ4v) is 10.6. The molecule has 5 atom stereocenters. The standard InChI is InChI=1S/C56H64O10/c1-36(34-58)46-25-23-37-17-19-40(20-18-37)31-42(22-21-39-13-10-14-41(30-39)29-38-11-6-4-7-12-38)32-49(59)63-52-50-48(66-56(2,53(52)65-54(46)60)45-15-8-5-9-16-45)26-24-43-33-47(55(61)64-51(43)50)44(27-28-57)35-62-3/h4,6-7,10-14,17-20,24,26,30,33,42,44-45,52-53,57-58H,5,8-9,15-16,21-23,25,27-29,31-32,34-35H2,1-3H3/b46-36-/t42-,44+,52+,53-,56-/m0/s1. The Morgan fingerprint density at radius 2 is 1.56 bits per heavy atom. The van der Waals surface area contributed by atoms with Crippen molar-refractivity contribution in [1.29, 1.82) is 0 Å². The number of methoxy groups -OCH3 is 1. The first kappa shape index (κ1) is 47.0. The molecule has 66 heavy (non-hydrogen) atoms. The van der Waals surface area contributed by atoms with Gasteiger partial charge in [0.25, 0.3) is 0 Å². The van der Waals surface area contributed by atoms with Crippen LogP contribution in [-0.4, -0.2) is 60.8 Å². The lowest BCUT2D eigenvalue weighted by atomic mass is 9.71. The molecule has 3 aliphatic heterocycles. The second-order valence-corrected chi connectivity index (χ2v) is 18.9. The molecule has 2 bridgehead atoms. The Labute approximate surface area is 387 Å². The lowest BCUT2D eigenvalue weighted by Gasteiger charge is -2.49. The van der Waals surface area contributed by atoms with E-state index in [1.165, 1.54) is 16.7 Å². The monoisotopic (exact) mass is 896 g/mol. The fraction of sp³-hybridized carbons (Fsp3) is 0.446. The molecule has 9 rings (SSSR count). The quantitative estimate of drug-likeness (QED) is 0.0706. The Kier molecular flexibility index (Phi) is 15.2. The molecule has 1 aromatic heterocycles. The summed E-state index contributed by atoms with van der Waals surface area (Å²) in [6.45, 7) is 3.41. The highest BCUT2D eigenvalue weighted by Crippen LogP contribution is 2.52. The molecule has 1 aliphatic carbocycles. The lowest BCUT2D eigenvalue weighted by molar-refractivity contribution is -0.201. The van der Waals surface area contributed by atoms with Crippen molar-refractivity contribution in [2.45, 2.75) is 121 Å². The number of aliphatic hydroxyl groups is 2. The van der Waals surface area contributed by atoms with Crippen LogP contribution in [0.15, 0.2) is 117 Å². The van der Waals surface area contributed by atoms with E-state index in [2.05, 4.69) is 72.8 Å². The van der Waals surface area contributed by atoms with Gasteiger partial charge in [0.05, 0.1) is 18.8 Å². The number of aryl methyl sites for hydroxylation is 2. The fourth-order valence-electron chi connectivity index (χ4n) is 10.6. The summed E-state index contributed by atoms with van der Waals surface area (Å²) in [5.41, 5.74) is 5.76. The molecule has 348 valence electrons. The average Bonchev–Trinajstić information content (AvgIpc) is 3.32. The molecule has 10 heteroatoms. The van der Waals surface area contributed by atoms with Crippen molar-refractivity contribution in [2.75, 3.05) is 26.9 Å². The van der Waals surface area contributed by atoms with Gasteiger partial charge in [-0.2, -0.15) is 0 Å². The van der Waals surface area contributed by atoms with Crippen LogP contribution in [0.5, 0.6) is 5.75 Å². The van der Waals surface area contributed by atoms with E-state index < -0.39 is 41.3 Å². The molecule has 0 unspecified atom stereocenters. The second-order valence-electron chi connectivity index (χ2n) is 18.9. The second kappa shape index (κ2) is 21.4. The van der Waals surface area contributed by atoms with Crippen LogP contribution in [0, 0.1) is 11.8 Å². The number of hydrogen-bond donors (Lipinski definition) is 2. The summed E-state index contributed by atoms with van der Waals surface area (Å²) in [7, 11) is 1.55. The molecule has 2 N–H and O–H groups in total. The number of carbonyl (C=O) groups is 2. The minimum Gasteiger partial charge on any atom is -0.483 e. The molecule has 4 aromatic carbocycles. The number of hydrogen-bond acceptors (Lipinski definition) is 10. The van der Waals surface area contributed by atoms with Crippen LogP contribution in [0.1, 0.15) is 123 Å². The van der Waals surface area contributed by atoms with Crippen LogP contribution >= 0.6 is 0 Å². The highest BCUT2D eigenvalue weighted by Gasteiger charge is 2.56. The van der Waals surface area contributed by atoms with Crippen LogP contribution < -0.4 is 10.4 Å². The first-order valence-electron chi connectivity index (χ1n) is 23.9. The largest absolute Gasteiger partial charge is 0.483 e. The molecule has 5 aromatic rings. The van der Waals surface area contributed by atoms with E-state index in [4.69, 9.17) is 23.4 Å². The van der Waals surface area contributed by atoms with E-state index in [-0.39, 0.29) is 43.7 Å². The predicted octanol–water partition coefficient (Wildman–Crippen LogP) is 9.86. The minimum absolute atomic E-state index is 0.0582. The van der Waals surface area contributed by atoms with Gasteiger partial charge in [-0.05, 0) is 129 Å². The third kappa shape index (κ3) is 10.7. The summed E-state index contributed by atoms with van der Waals surface area (Å²) in [5, 5.41) is 20.8. The maximum atomic E-state index is 14.9. The van der Waals surface area contributed by atoms with Crippen molar-refractivity contribution >= 4 is 22.9 Å². The molecule has 10 nitrogen and oxygen atoms in total. The van der Waals surface area contributed by atoms with Crippen molar-refractivity contribution in [3.8, 4) is 5.75 Å². The third-order valence-electron chi connectivity index (χ3n) is 14.3. The lowest BCUT2D eigenvalue weighted by Crippen LogP contribution is -2.58. The van der Waals surface area contributed by atoms with Gasteiger partial charge >= 0.3 is 17.6 Å². The van der Waals surface area contributed by atoms with Gasteiger partial charge in [-0.15, -0.1) is 0 Å². The summed E-state index contributed by atoms with van der Waals surface area (Å²) in [6, 6.07) is 32.8. The number of carbonyl (C=O) groups excluding carboxylic acids is 2. The minimum atomic E-state index is -1.21. The van der Waals surface area contributed by atoms with Gasteiger partial charge in [-0.25, -0.2) is 9.59 Å². The highest BCUT2D eigenvalue weighted by molar-refractivity contribution is 5.90. The first-order valence-corrected chi connectivity index (χ1v) is 23.9. The maximum absolute atomic E-state index is 14.9. The summed E-state index contributed by atoms with van der Waals surface area (Å²) >= 11 is 0.